The van der Waals surface area contributed by atoms with Crippen molar-refractivity contribution in [2.45, 2.75) is 27.3 Å². The van der Waals surface area contributed by atoms with Crippen LogP contribution in [0.3, 0.4) is 0 Å². The summed E-state index contributed by atoms with van der Waals surface area (Å²) in [7, 11) is 1.64. The molecule has 0 radical (unpaired) electrons. The van der Waals surface area contributed by atoms with Crippen molar-refractivity contribution in [3.8, 4) is 5.75 Å². The van der Waals surface area contributed by atoms with Gasteiger partial charge in [-0.2, -0.15) is 0 Å². The van der Waals surface area contributed by atoms with Crippen molar-refractivity contribution >= 4 is 22.5 Å². The predicted molar refractivity (Wildman–Crippen MR) is 104 cm³/mol. The van der Waals surface area contributed by atoms with Crippen LogP contribution in [0.1, 0.15) is 22.4 Å². The van der Waals surface area contributed by atoms with Gasteiger partial charge in [-0.15, -0.1) is 0 Å². The maximum atomic E-state index is 6.04. The summed E-state index contributed by atoms with van der Waals surface area (Å²) in [6.45, 7) is 6.86. The lowest BCUT2D eigenvalue weighted by Gasteiger charge is -2.08. The van der Waals surface area contributed by atoms with E-state index in [0.717, 1.165) is 22.5 Å². The molecule has 5 heteroatoms. The Labute approximate surface area is 147 Å². The largest absolute Gasteiger partial charge is 0.497 e. The van der Waals surface area contributed by atoms with Crippen molar-refractivity contribution in [1.82, 2.24) is 4.98 Å². The zero-order chi connectivity index (χ0) is 18.0. The van der Waals surface area contributed by atoms with E-state index in [1.807, 2.05) is 24.3 Å². The standard InChI is InChI=1S/C20H24N4O/c1-12-9-15(19-18(10-12)13(2)14(3)23-19)11-22-20(21)24-16-5-7-17(25-4)8-6-16/h5-10,23H,11H2,1-4H3,(H3,21,22,24). The second-order valence-corrected chi connectivity index (χ2v) is 6.28. The number of aromatic nitrogens is 1. The van der Waals surface area contributed by atoms with Crippen molar-refractivity contribution in [2.75, 3.05) is 12.4 Å². The molecule has 0 unspecified atom stereocenters. The van der Waals surface area contributed by atoms with E-state index >= 15 is 0 Å². The molecule has 1 aromatic heterocycles. The van der Waals surface area contributed by atoms with Gasteiger partial charge >= 0.3 is 0 Å². The SMILES string of the molecule is COc1ccc(NC(N)=NCc2cc(C)cc3c(C)c(C)[nH]c23)cc1. The van der Waals surface area contributed by atoms with Crippen LogP contribution in [-0.4, -0.2) is 18.1 Å². The van der Waals surface area contributed by atoms with E-state index in [4.69, 9.17) is 10.5 Å². The normalized spacial score (nSPS) is 11.8. The molecule has 0 bridgehead atoms. The Bertz CT molecular complexity index is 923. The zero-order valence-corrected chi connectivity index (χ0v) is 15.1. The summed E-state index contributed by atoms with van der Waals surface area (Å²) in [4.78, 5) is 7.96. The molecule has 0 saturated heterocycles. The number of nitrogens with zero attached hydrogens (tertiary/aromatic N) is 1. The van der Waals surface area contributed by atoms with Gasteiger partial charge in [-0.25, -0.2) is 4.99 Å². The fraction of sp³-hybridized carbons (Fsp3) is 0.250. The Hall–Kier alpha value is -2.95. The lowest BCUT2D eigenvalue weighted by molar-refractivity contribution is 0.415. The van der Waals surface area contributed by atoms with Gasteiger partial charge in [-0.05, 0) is 62.2 Å². The molecular weight excluding hydrogens is 312 g/mol. The molecule has 0 atom stereocenters. The number of nitrogens with two attached hydrogens (primary N) is 1. The van der Waals surface area contributed by atoms with Crippen LogP contribution in [0, 0.1) is 20.8 Å². The molecule has 0 spiro atoms. The number of methoxy groups -OCH3 is 1. The fourth-order valence-electron chi connectivity index (χ4n) is 2.94. The smallest absolute Gasteiger partial charge is 0.193 e. The first-order chi connectivity index (χ1) is 12.0. The zero-order valence-electron chi connectivity index (χ0n) is 15.1. The number of aromatic amines is 1. The summed E-state index contributed by atoms with van der Waals surface area (Å²) in [5.74, 6) is 1.19. The molecule has 5 nitrogen and oxygen atoms in total. The van der Waals surface area contributed by atoms with Crippen molar-refractivity contribution in [1.29, 1.82) is 0 Å². The third-order valence-electron chi connectivity index (χ3n) is 4.43. The summed E-state index contributed by atoms with van der Waals surface area (Å²) >= 11 is 0. The molecule has 4 N–H and O–H groups in total. The first-order valence-electron chi connectivity index (χ1n) is 8.27. The minimum Gasteiger partial charge on any atom is -0.497 e. The van der Waals surface area contributed by atoms with E-state index in [1.54, 1.807) is 7.11 Å². The third kappa shape index (κ3) is 3.60. The Kier molecular flexibility index (Phi) is 4.65. The monoisotopic (exact) mass is 336 g/mol. The van der Waals surface area contributed by atoms with Crippen molar-refractivity contribution in [3.63, 3.8) is 0 Å². The third-order valence-corrected chi connectivity index (χ3v) is 4.43. The van der Waals surface area contributed by atoms with Gasteiger partial charge in [0.1, 0.15) is 5.75 Å². The summed E-state index contributed by atoms with van der Waals surface area (Å²) in [6, 6.07) is 11.9. The summed E-state index contributed by atoms with van der Waals surface area (Å²) in [5.41, 5.74) is 12.9. The number of nitrogens with one attached hydrogen (secondary N) is 2. The average molecular weight is 336 g/mol. The molecule has 3 aromatic rings. The Morgan fingerprint density at radius 2 is 1.88 bits per heavy atom. The Morgan fingerprint density at radius 1 is 1.16 bits per heavy atom. The van der Waals surface area contributed by atoms with E-state index < -0.39 is 0 Å². The number of hydrogen-bond donors (Lipinski definition) is 3. The van der Waals surface area contributed by atoms with E-state index in [-0.39, 0.29) is 0 Å². The van der Waals surface area contributed by atoms with Crippen LogP contribution in [0.15, 0.2) is 41.4 Å². The predicted octanol–water partition coefficient (Wildman–Crippen LogP) is 4.03. The number of hydrogen-bond acceptors (Lipinski definition) is 2. The van der Waals surface area contributed by atoms with Gasteiger partial charge in [-0.1, -0.05) is 11.6 Å². The van der Waals surface area contributed by atoms with E-state index in [2.05, 4.69) is 48.2 Å². The van der Waals surface area contributed by atoms with Crippen LogP contribution in [0.4, 0.5) is 5.69 Å². The lowest BCUT2D eigenvalue weighted by Crippen LogP contribution is -2.22. The Morgan fingerprint density at radius 3 is 2.56 bits per heavy atom. The summed E-state index contributed by atoms with van der Waals surface area (Å²) in [6.07, 6.45) is 0. The van der Waals surface area contributed by atoms with Crippen LogP contribution in [0.2, 0.25) is 0 Å². The first kappa shape index (κ1) is 16.9. The topological polar surface area (TPSA) is 75.4 Å². The van der Waals surface area contributed by atoms with Gasteiger partial charge in [0.2, 0.25) is 0 Å². The number of H-pyrrole nitrogens is 1. The lowest BCUT2D eigenvalue weighted by atomic mass is 10.0. The van der Waals surface area contributed by atoms with Crippen LogP contribution < -0.4 is 15.8 Å². The number of rotatable bonds is 4. The fourth-order valence-corrected chi connectivity index (χ4v) is 2.94. The molecule has 1 heterocycles. The second kappa shape index (κ2) is 6.89. The molecule has 0 saturated carbocycles. The van der Waals surface area contributed by atoms with Gasteiger partial charge in [0.05, 0.1) is 19.2 Å². The molecule has 25 heavy (non-hydrogen) atoms. The molecule has 0 fully saturated rings. The van der Waals surface area contributed by atoms with Crippen LogP contribution in [-0.2, 0) is 6.54 Å². The molecule has 3 rings (SSSR count). The molecule has 130 valence electrons. The highest BCUT2D eigenvalue weighted by Crippen LogP contribution is 2.26. The molecule has 0 aliphatic carbocycles. The number of benzene rings is 2. The minimum absolute atomic E-state index is 0.389. The number of aliphatic imine (C=N–C) groups is 1. The van der Waals surface area contributed by atoms with Crippen molar-refractivity contribution in [3.05, 3.63) is 58.8 Å². The maximum absolute atomic E-state index is 6.04. The van der Waals surface area contributed by atoms with E-state index in [9.17, 15) is 0 Å². The molecule has 0 aliphatic heterocycles. The number of aryl methyl sites for hydroxylation is 3. The summed E-state index contributed by atoms with van der Waals surface area (Å²) < 4.78 is 5.15. The number of ether oxygens (including phenoxy) is 1. The Balaban J connectivity index is 1.80. The molecule has 0 aliphatic rings. The molecule has 0 amide bonds. The molecule has 2 aromatic carbocycles. The van der Waals surface area contributed by atoms with Gasteiger partial charge in [0.15, 0.2) is 5.96 Å². The highest BCUT2D eigenvalue weighted by atomic mass is 16.5. The van der Waals surface area contributed by atoms with Crippen molar-refractivity contribution in [2.24, 2.45) is 10.7 Å². The average Bonchev–Trinajstić information content (AvgIpc) is 2.88. The van der Waals surface area contributed by atoms with E-state index in [0.29, 0.717) is 12.5 Å². The second-order valence-electron chi connectivity index (χ2n) is 6.28. The van der Waals surface area contributed by atoms with Gasteiger partial charge in [-0.3, -0.25) is 0 Å². The van der Waals surface area contributed by atoms with Gasteiger partial charge in [0.25, 0.3) is 0 Å². The van der Waals surface area contributed by atoms with E-state index in [1.165, 1.54) is 22.2 Å². The van der Waals surface area contributed by atoms with Gasteiger partial charge < -0.3 is 20.8 Å². The number of fused-ring (bicyclic) bond motifs is 1. The first-order valence-corrected chi connectivity index (χ1v) is 8.27. The maximum Gasteiger partial charge on any atom is 0.193 e. The number of anilines is 1. The van der Waals surface area contributed by atoms with Crippen LogP contribution >= 0.6 is 0 Å². The van der Waals surface area contributed by atoms with Crippen LogP contribution in [0.25, 0.3) is 10.9 Å². The highest BCUT2D eigenvalue weighted by Gasteiger charge is 2.09. The summed E-state index contributed by atoms with van der Waals surface area (Å²) in [5, 5.41) is 4.36. The van der Waals surface area contributed by atoms with Gasteiger partial charge in [0, 0.05) is 16.8 Å². The van der Waals surface area contributed by atoms with Crippen molar-refractivity contribution < 1.29 is 4.74 Å². The number of guanidine groups is 1. The molecular formula is C20H24N4O. The minimum atomic E-state index is 0.389. The highest BCUT2D eigenvalue weighted by molar-refractivity contribution is 5.93. The van der Waals surface area contributed by atoms with Crippen LogP contribution in [0.5, 0.6) is 5.75 Å². The quantitative estimate of drug-likeness (QED) is 0.497.